The Bertz CT molecular complexity index is 304. The fraction of sp³-hybridized carbons (Fsp3) is 0.500. The monoisotopic (exact) mass is 258 g/mol. The molecule has 1 fully saturated rings. The normalized spacial score (nSPS) is 18.4. The van der Waals surface area contributed by atoms with Gasteiger partial charge in [-0.1, -0.05) is 15.9 Å². The summed E-state index contributed by atoms with van der Waals surface area (Å²) in [4.78, 5) is 3.93. The summed E-state index contributed by atoms with van der Waals surface area (Å²) in [6, 6.07) is 3.31. The molecule has 0 spiro atoms. The average Bonchev–Trinajstić information content (AvgIpc) is 2.18. The molecule has 0 unspecified atom stereocenters. The van der Waals surface area contributed by atoms with Crippen molar-refractivity contribution in [2.24, 2.45) is 0 Å². The molecule has 14 heavy (non-hydrogen) atoms. The first-order valence-corrected chi connectivity index (χ1v) is 5.59. The summed E-state index contributed by atoms with van der Waals surface area (Å²) < 4.78 is 13.8. The van der Waals surface area contributed by atoms with Crippen molar-refractivity contribution in [3.63, 3.8) is 0 Å². The number of hydrogen-bond donors (Lipinski definition) is 1. The molecule has 2 rings (SSSR count). The quantitative estimate of drug-likeness (QED) is 0.783. The number of hydrogen-bond acceptors (Lipinski definition) is 2. The zero-order chi connectivity index (χ0) is 9.97. The third-order valence-electron chi connectivity index (χ3n) is 2.54. The Morgan fingerprint density at radius 2 is 2.07 bits per heavy atom. The maximum Gasteiger partial charge on any atom is 0.214 e. The molecule has 1 aliphatic rings. The summed E-state index contributed by atoms with van der Waals surface area (Å²) >= 11 is 3.28. The first-order chi connectivity index (χ1) is 6.75. The maximum atomic E-state index is 13.0. The molecule has 0 bridgehead atoms. The summed E-state index contributed by atoms with van der Waals surface area (Å²) in [5.41, 5.74) is 0.873. The lowest BCUT2D eigenvalue weighted by Gasteiger charge is -2.22. The molecule has 0 aromatic carbocycles. The highest BCUT2D eigenvalue weighted by Gasteiger charge is 2.17. The van der Waals surface area contributed by atoms with Gasteiger partial charge in [-0.15, -0.1) is 0 Å². The van der Waals surface area contributed by atoms with Crippen molar-refractivity contribution in [1.82, 2.24) is 10.3 Å². The highest BCUT2D eigenvalue weighted by Crippen LogP contribution is 2.25. The third kappa shape index (κ3) is 2.30. The van der Waals surface area contributed by atoms with Crippen LogP contribution in [0.2, 0.25) is 0 Å². The van der Waals surface area contributed by atoms with E-state index in [-0.39, 0.29) is 0 Å². The van der Waals surface area contributed by atoms with Crippen LogP contribution in [0.25, 0.3) is 0 Å². The van der Waals surface area contributed by atoms with Crippen molar-refractivity contribution in [1.29, 1.82) is 0 Å². The van der Waals surface area contributed by atoms with E-state index in [1.165, 1.54) is 6.07 Å². The van der Waals surface area contributed by atoms with Gasteiger partial charge in [-0.2, -0.15) is 4.39 Å². The van der Waals surface area contributed by atoms with Gasteiger partial charge in [-0.05, 0) is 32.0 Å². The van der Waals surface area contributed by atoms with Crippen LogP contribution in [0.3, 0.4) is 0 Å². The van der Waals surface area contributed by atoms with E-state index in [1.54, 1.807) is 0 Å². The van der Waals surface area contributed by atoms with Gasteiger partial charge >= 0.3 is 0 Å². The SMILES string of the molecule is Fc1cc(Br)cc(C2CCNCC2)n1. The number of aromatic nitrogens is 1. The predicted octanol–water partition coefficient (Wildman–Crippen LogP) is 2.45. The number of halogens is 2. The molecular weight excluding hydrogens is 247 g/mol. The van der Waals surface area contributed by atoms with E-state index < -0.39 is 5.95 Å². The van der Waals surface area contributed by atoms with Gasteiger partial charge in [0.25, 0.3) is 0 Å². The molecule has 76 valence electrons. The summed E-state index contributed by atoms with van der Waals surface area (Å²) in [6.45, 7) is 2.00. The van der Waals surface area contributed by atoms with Crippen LogP contribution in [0.4, 0.5) is 4.39 Å². The highest BCUT2D eigenvalue weighted by molar-refractivity contribution is 9.10. The van der Waals surface area contributed by atoms with Crippen molar-refractivity contribution in [3.05, 3.63) is 28.2 Å². The van der Waals surface area contributed by atoms with Gasteiger partial charge in [-0.3, -0.25) is 0 Å². The van der Waals surface area contributed by atoms with E-state index in [0.29, 0.717) is 5.92 Å². The smallest absolute Gasteiger partial charge is 0.214 e. The van der Waals surface area contributed by atoms with Crippen LogP contribution in [0.1, 0.15) is 24.5 Å². The van der Waals surface area contributed by atoms with Crippen molar-refractivity contribution in [2.75, 3.05) is 13.1 Å². The van der Waals surface area contributed by atoms with Crippen LogP contribution in [0.5, 0.6) is 0 Å². The van der Waals surface area contributed by atoms with Crippen LogP contribution in [0, 0.1) is 5.95 Å². The zero-order valence-corrected chi connectivity index (χ0v) is 9.35. The Morgan fingerprint density at radius 3 is 2.71 bits per heavy atom. The fourth-order valence-electron chi connectivity index (χ4n) is 1.81. The number of pyridine rings is 1. The third-order valence-corrected chi connectivity index (χ3v) is 2.99. The van der Waals surface area contributed by atoms with Gasteiger partial charge in [0.1, 0.15) is 0 Å². The fourth-order valence-corrected chi connectivity index (χ4v) is 2.23. The number of nitrogens with one attached hydrogen (secondary N) is 1. The number of nitrogens with zero attached hydrogens (tertiary/aromatic N) is 1. The van der Waals surface area contributed by atoms with E-state index in [2.05, 4.69) is 26.2 Å². The van der Waals surface area contributed by atoms with Crippen LogP contribution in [-0.4, -0.2) is 18.1 Å². The van der Waals surface area contributed by atoms with E-state index in [4.69, 9.17) is 0 Å². The molecule has 4 heteroatoms. The van der Waals surface area contributed by atoms with Gasteiger partial charge in [0.15, 0.2) is 0 Å². The Hall–Kier alpha value is -0.480. The summed E-state index contributed by atoms with van der Waals surface area (Å²) in [7, 11) is 0. The molecule has 0 saturated carbocycles. The standard InChI is InChI=1S/C10H12BrFN2/c11-8-5-9(14-10(12)6-8)7-1-3-13-4-2-7/h5-7,13H,1-4H2. The number of rotatable bonds is 1. The lowest BCUT2D eigenvalue weighted by molar-refractivity contribution is 0.446. The topological polar surface area (TPSA) is 24.9 Å². The molecule has 0 amide bonds. The van der Waals surface area contributed by atoms with Crippen LogP contribution in [0.15, 0.2) is 16.6 Å². The highest BCUT2D eigenvalue weighted by atomic mass is 79.9. The Labute approximate surface area is 91.1 Å². The minimum absolute atomic E-state index is 0.395. The van der Waals surface area contributed by atoms with Gasteiger partial charge in [0.2, 0.25) is 5.95 Å². The van der Waals surface area contributed by atoms with Gasteiger partial charge in [0.05, 0.1) is 0 Å². The Balaban J connectivity index is 2.21. The van der Waals surface area contributed by atoms with E-state index in [0.717, 1.165) is 36.1 Å². The van der Waals surface area contributed by atoms with Gasteiger partial charge < -0.3 is 5.32 Å². The van der Waals surface area contributed by atoms with E-state index in [9.17, 15) is 4.39 Å². The maximum absolute atomic E-state index is 13.0. The average molecular weight is 259 g/mol. The summed E-state index contributed by atoms with van der Waals surface area (Å²) in [5.74, 6) is 0.0103. The minimum atomic E-state index is -0.395. The molecule has 1 aromatic heterocycles. The predicted molar refractivity (Wildman–Crippen MR) is 56.7 cm³/mol. The Morgan fingerprint density at radius 1 is 1.36 bits per heavy atom. The van der Waals surface area contributed by atoms with Crippen molar-refractivity contribution in [2.45, 2.75) is 18.8 Å². The molecular formula is C10H12BrFN2. The molecule has 0 atom stereocenters. The zero-order valence-electron chi connectivity index (χ0n) is 7.76. The lowest BCUT2D eigenvalue weighted by atomic mass is 9.94. The molecule has 0 aliphatic carbocycles. The molecule has 1 saturated heterocycles. The van der Waals surface area contributed by atoms with Crippen LogP contribution < -0.4 is 5.32 Å². The summed E-state index contributed by atoms with van der Waals surface area (Å²) in [6.07, 6.45) is 2.09. The van der Waals surface area contributed by atoms with E-state index in [1.807, 2.05) is 6.07 Å². The minimum Gasteiger partial charge on any atom is -0.317 e. The second kappa shape index (κ2) is 4.36. The molecule has 0 radical (unpaired) electrons. The number of piperidine rings is 1. The molecule has 1 N–H and O–H groups in total. The second-order valence-corrected chi connectivity index (χ2v) is 4.47. The van der Waals surface area contributed by atoms with Crippen LogP contribution in [-0.2, 0) is 0 Å². The van der Waals surface area contributed by atoms with Crippen molar-refractivity contribution < 1.29 is 4.39 Å². The molecule has 1 aliphatic heterocycles. The van der Waals surface area contributed by atoms with Crippen molar-refractivity contribution in [3.8, 4) is 0 Å². The van der Waals surface area contributed by atoms with Crippen LogP contribution >= 0.6 is 15.9 Å². The Kier molecular flexibility index (Phi) is 3.13. The van der Waals surface area contributed by atoms with Crippen molar-refractivity contribution >= 4 is 15.9 Å². The largest absolute Gasteiger partial charge is 0.317 e. The second-order valence-electron chi connectivity index (χ2n) is 3.56. The van der Waals surface area contributed by atoms with Gasteiger partial charge in [0, 0.05) is 22.2 Å². The summed E-state index contributed by atoms with van der Waals surface area (Å²) in [5, 5.41) is 3.28. The van der Waals surface area contributed by atoms with Gasteiger partial charge in [-0.25, -0.2) is 4.98 Å². The molecule has 1 aromatic rings. The molecule has 2 nitrogen and oxygen atoms in total. The molecule has 2 heterocycles. The first-order valence-electron chi connectivity index (χ1n) is 4.79. The lowest BCUT2D eigenvalue weighted by Crippen LogP contribution is -2.27. The first kappa shape index (κ1) is 10.1. The van der Waals surface area contributed by atoms with E-state index >= 15 is 0 Å².